The van der Waals surface area contributed by atoms with Gasteiger partial charge in [-0.15, -0.1) is 0 Å². The van der Waals surface area contributed by atoms with Crippen LogP contribution in [0.1, 0.15) is 58.6 Å². The molecule has 1 heterocycles. The minimum absolute atomic E-state index is 0.0555. The maximum absolute atomic E-state index is 5.33. The third-order valence-electron chi connectivity index (χ3n) is 2.38. The molecule has 0 radical (unpaired) electrons. The Morgan fingerprint density at radius 3 is 2.24 bits per heavy atom. The molecule has 2 nitrogen and oxygen atoms in total. The first kappa shape index (κ1) is 15.7. The molecule has 0 fully saturated rings. The molecular formula is C15H25NO. The molecule has 2 heteroatoms. The number of allylic oxidation sites excluding steroid dienone is 3. The fraction of sp³-hybridized carbons (Fsp3) is 0.533. The predicted octanol–water partition coefficient (Wildman–Crippen LogP) is 4.90. The highest BCUT2D eigenvalue weighted by atomic mass is 16.5. The van der Waals surface area contributed by atoms with Gasteiger partial charge < -0.3 is 4.52 Å². The van der Waals surface area contributed by atoms with Crippen molar-refractivity contribution in [1.29, 1.82) is 0 Å². The highest BCUT2D eigenvalue weighted by Crippen LogP contribution is 2.32. The van der Waals surface area contributed by atoms with Gasteiger partial charge in [0.2, 0.25) is 0 Å². The average molecular weight is 235 g/mol. The lowest BCUT2D eigenvalue weighted by Crippen LogP contribution is -2.12. The van der Waals surface area contributed by atoms with E-state index in [4.69, 9.17) is 4.52 Å². The van der Waals surface area contributed by atoms with Crippen LogP contribution in [0.15, 0.2) is 22.8 Å². The van der Waals surface area contributed by atoms with Crippen LogP contribution in [-0.4, -0.2) is 5.16 Å². The van der Waals surface area contributed by atoms with Crippen molar-refractivity contribution in [3.8, 4) is 0 Å². The number of rotatable bonds is 0. The van der Waals surface area contributed by atoms with Gasteiger partial charge in [0.25, 0.3) is 0 Å². The lowest BCUT2D eigenvalue weighted by Gasteiger charge is -2.15. The normalized spacial score (nSPS) is 14.8. The van der Waals surface area contributed by atoms with Gasteiger partial charge in [-0.2, -0.15) is 0 Å². The standard InChI is InChI=1S/C11H13NO.2C2H6/c1-8-9-6-4-5-7-11(2,3)10(9)13-12-8;2*1-2/h4-7H,1-3H3;2*1-2H3. The van der Waals surface area contributed by atoms with Gasteiger partial charge >= 0.3 is 0 Å². The van der Waals surface area contributed by atoms with Crippen molar-refractivity contribution >= 4 is 6.08 Å². The van der Waals surface area contributed by atoms with Crippen molar-refractivity contribution in [2.24, 2.45) is 0 Å². The maximum Gasteiger partial charge on any atom is 0.153 e. The molecule has 0 spiro atoms. The molecule has 17 heavy (non-hydrogen) atoms. The summed E-state index contributed by atoms with van der Waals surface area (Å²) in [6.45, 7) is 14.2. The zero-order valence-electron chi connectivity index (χ0n) is 12.2. The van der Waals surface area contributed by atoms with Crippen LogP contribution in [0.5, 0.6) is 0 Å². The molecular weight excluding hydrogens is 210 g/mol. The van der Waals surface area contributed by atoms with Crippen molar-refractivity contribution in [3.05, 3.63) is 35.2 Å². The molecule has 1 aliphatic carbocycles. The molecule has 0 saturated heterocycles. The minimum Gasteiger partial charge on any atom is -0.360 e. The fourth-order valence-electron chi connectivity index (χ4n) is 1.56. The van der Waals surface area contributed by atoms with E-state index in [0.717, 1.165) is 17.0 Å². The summed E-state index contributed by atoms with van der Waals surface area (Å²) >= 11 is 0. The Kier molecular flexibility index (Phi) is 6.55. The topological polar surface area (TPSA) is 26.0 Å². The molecule has 2 rings (SSSR count). The van der Waals surface area contributed by atoms with Gasteiger partial charge in [0.15, 0.2) is 5.76 Å². The van der Waals surface area contributed by atoms with Crippen LogP contribution in [0.25, 0.3) is 6.08 Å². The molecule has 1 aliphatic rings. The van der Waals surface area contributed by atoms with Crippen molar-refractivity contribution in [3.63, 3.8) is 0 Å². The monoisotopic (exact) mass is 235 g/mol. The first-order chi connectivity index (χ1) is 8.11. The van der Waals surface area contributed by atoms with Crippen LogP contribution in [0, 0.1) is 6.92 Å². The second-order valence-electron chi connectivity index (χ2n) is 3.95. The van der Waals surface area contributed by atoms with Crippen LogP contribution < -0.4 is 0 Å². The Balaban J connectivity index is 0.000000581. The number of aryl methyl sites for hydroxylation is 1. The summed E-state index contributed by atoms with van der Waals surface area (Å²) in [6, 6.07) is 0. The van der Waals surface area contributed by atoms with Crippen molar-refractivity contribution < 1.29 is 4.52 Å². The number of aromatic nitrogens is 1. The number of fused-ring (bicyclic) bond motifs is 1. The molecule has 0 unspecified atom stereocenters. The summed E-state index contributed by atoms with van der Waals surface area (Å²) in [5.41, 5.74) is 2.03. The van der Waals surface area contributed by atoms with Crippen molar-refractivity contribution in [2.75, 3.05) is 0 Å². The molecule has 0 saturated carbocycles. The van der Waals surface area contributed by atoms with Crippen molar-refractivity contribution in [2.45, 2.75) is 53.9 Å². The van der Waals surface area contributed by atoms with Crippen LogP contribution >= 0.6 is 0 Å². The van der Waals surface area contributed by atoms with Gasteiger partial charge in [-0.3, -0.25) is 0 Å². The smallest absolute Gasteiger partial charge is 0.153 e. The molecule has 96 valence electrons. The lowest BCUT2D eigenvalue weighted by molar-refractivity contribution is 0.342. The third-order valence-corrected chi connectivity index (χ3v) is 2.38. The number of nitrogens with zero attached hydrogens (tertiary/aromatic N) is 1. The van der Waals surface area contributed by atoms with E-state index < -0.39 is 0 Å². The van der Waals surface area contributed by atoms with Crippen LogP contribution in [0.3, 0.4) is 0 Å². The Morgan fingerprint density at radius 1 is 1.06 bits per heavy atom. The van der Waals surface area contributed by atoms with Gasteiger partial charge in [0.1, 0.15) is 0 Å². The Hall–Kier alpha value is -1.31. The second-order valence-corrected chi connectivity index (χ2v) is 3.95. The number of hydrogen-bond acceptors (Lipinski definition) is 2. The summed E-state index contributed by atoms with van der Waals surface area (Å²) in [5, 5.41) is 3.98. The van der Waals surface area contributed by atoms with E-state index in [2.05, 4.69) is 31.2 Å². The summed E-state index contributed by atoms with van der Waals surface area (Å²) in [4.78, 5) is 0. The van der Waals surface area contributed by atoms with E-state index in [-0.39, 0.29) is 5.41 Å². The summed E-state index contributed by atoms with van der Waals surface area (Å²) in [5.74, 6) is 0.954. The first-order valence-electron chi connectivity index (χ1n) is 6.44. The fourth-order valence-corrected chi connectivity index (χ4v) is 1.56. The minimum atomic E-state index is -0.0555. The average Bonchev–Trinajstić information content (AvgIpc) is 2.64. The molecule has 0 amide bonds. The quantitative estimate of drug-likeness (QED) is 0.639. The Bertz CT molecular complexity index is 384. The largest absolute Gasteiger partial charge is 0.360 e. The van der Waals surface area contributed by atoms with E-state index in [1.54, 1.807) is 0 Å². The maximum atomic E-state index is 5.33. The molecule has 0 aromatic carbocycles. The summed E-state index contributed by atoms with van der Waals surface area (Å²) in [6.07, 6.45) is 8.25. The van der Waals surface area contributed by atoms with Crippen LogP contribution in [-0.2, 0) is 5.41 Å². The van der Waals surface area contributed by atoms with E-state index in [1.807, 2.05) is 46.8 Å². The summed E-state index contributed by atoms with van der Waals surface area (Å²) < 4.78 is 5.33. The van der Waals surface area contributed by atoms with E-state index in [0.29, 0.717) is 0 Å². The molecule has 0 aliphatic heterocycles. The van der Waals surface area contributed by atoms with Gasteiger partial charge in [-0.25, -0.2) is 0 Å². The van der Waals surface area contributed by atoms with Gasteiger partial charge in [0, 0.05) is 11.0 Å². The summed E-state index contributed by atoms with van der Waals surface area (Å²) in [7, 11) is 0. The number of hydrogen-bond donors (Lipinski definition) is 0. The van der Waals surface area contributed by atoms with Gasteiger partial charge in [0.05, 0.1) is 5.69 Å². The third kappa shape index (κ3) is 3.58. The zero-order chi connectivity index (χ0) is 13.5. The highest BCUT2D eigenvalue weighted by molar-refractivity contribution is 5.59. The molecule has 1 aromatic rings. The van der Waals surface area contributed by atoms with Gasteiger partial charge in [-0.05, 0) is 26.8 Å². The second kappa shape index (κ2) is 7.10. The first-order valence-corrected chi connectivity index (χ1v) is 6.44. The van der Waals surface area contributed by atoms with Crippen LogP contribution in [0.4, 0.5) is 0 Å². The van der Waals surface area contributed by atoms with E-state index >= 15 is 0 Å². The molecule has 0 N–H and O–H groups in total. The van der Waals surface area contributed by atoms with E-state index in [1.165, 1.54) is 0 Å². The van der Waals surface area contributed by atoms with Gasteiger partial charge in [-0.1, -0.05) is 51.1 Å². The molecule has 1 aromatic heterocycles. The molecule has 0 bridgehead atoms. The Morgan fingerprint density at radius 2 is 1.65 bits per heavy atom. The highest BCUT2D eigenvalue weighted by Gasteiger charge is 2.27. The van der Waals surface area contributed by atoms with Crippen molar-refractivity contribution in [1.82, 2.24) is 5.16 Å². The molecule has 0 atom stereocenters. The SMILES string of the molecule is CC.CC.Cc1noc2c1C=CC=CC2(C)C. The lowest BCUT2D eigenvalue weighted by atomic mass is 9.88. The predicted molar refractivity (Wildman–Crippen MR) is 75.1 cm³/mol. The zero-order valence-corrected chi connectivity index (χ0v) is 12.2. The van der Waals surface area contributed by atoms with E-state index in [9.17, 15) is 0 Å². The van der Waals surface area contributed by atoms with Crippen LogP contribution in [0.2, 0.25) is 0 Å². The Labute approximate surface area is 105 Å².